The van der Waals surface area contributed by atoms with Gasteiger partial charge in [0, 0.05) is 32.9 Å². The summed E-state index contributed by atoms with van der Waals surface area (Å²) in [6, 6.07) is 7.85. The van der Waals surface area contributed by atoms with Crippen molar-refractivity contribution in [2.75, 3.05) is 19.8 Å². The third-order valence-electron chi connectivity index (χ3n) is 6.59. The molecule has 0 bridgehead atoms. The molecule has 0 radical (unpaired) electrons. The highest BCUT2D eigenvalue weighted by molar-refractivity contribution is 5.87. The van der Waals surface area contributed by atoms with Crippen molar-refractivity contribution in [3.8, 4) is 0 Å². The Morgan fingerprint density at radius 3 is 2.44 bits per heavy atom. The Morgan fingerprint density at radius 2 is 1.77 bits per heavy atom. The lowest BCUT2D eigenvalue weighted by Gasteiger charge is -2.42. The van der Waals surface area contributed by atoms with E-state index in [-0.39, 0.29) is 18.4 Å². The van der Waals surface area contributed by atoms with Crippen molar-refractivity contribution in [2.45, 2.75) is 102 Å². The quantitative estimate of drug-likeness (QED) is 0.153. The first-order valence-electron chi connectivity index (χ1n) is 13.9. The zero-order valence-electron chi connectivity index (χ0n) is 23.0. The fourth-order valence-corrected chi connectivity index (χ4v) is 4.41. The summed E-state index contributed by atoms with van der Waals surface area (Å²) in [4.78, 5) is 36.9. The molecule has 0 aromatic heterocycles. The van der Waals surface area contributed by atoms with Crippen LogP contribution in [0.4, 0.5) is 0 Å². The van der Waals surface area contributed by atoms with Gasteiger partial charge in [0.2, 0.25) is 17.7 Å². The molecular weight excluding hydrogens is 506 g/mol. The van der Waals surface area contributed by atoms with Crippen LogP contribution in [0.2, 0.25) is 0 Å². The van der Waals surface area contributed by atoms with E-state index < -0.39 is 49.2 Å². The van der Waals surface area contributed by atoms with Crippen LogP contribution < -0.4 is 16.0 Å². The number of aliphatic hydroxyl groups is 3. The molecule has 11 nitrogen and oxygen atoms in total. The first-order valence-corrected chi connectivity index (χ1v) is 13.9. The summed E-state index contributed by atoms with van der Waals surface area (Å²) in [6.07, 6.45) is 0.987. The van der Waals surface area contributed by atoms with Gasteiger partial charge < -0.3 is 40.7 Å². The Morgan fingerprint density at radius 1 is 1.03 bits per heavy atom. The maximum Gasteiger partial charge on any atom is 0.242 e. The highest BCUT2D eigenvalue weighted by atomic mass is 16.7. The minimum Gasteiger partial charge on any atom is -0.394 e. The van der Waals surface area contributed by atoms with Gasteiger partial charge in [-0.3, -0.25) is 14.4 Å². The van der Waals surface area contributed by atoms with Crippen molar-refractivity contribution in [1.29, 1.82) is 0 Å². The predicted octanol–water partition coefficient (Wildman–Crippen LogP) is 0.541. The number of hydrogen-bond donors (Lipinski definition) is 6. The van der Waals surface area contributed by atoms with Crippen LogP contribution in [0.15, 0.2) is 30.3 Å². The third-order valence-corrected chi connectivity index (χ3v) is 6.59. The van der Waals surface area contributed by atoms with Crippen LogP contribution in [0.3, 0.4) is 0 Å². The largest absolute Gasteiger partial charge is 0.394 e. The molecule has 39 heavy (non-hydrogen) atoms. The standard InChI is InChI=1S/C28H45N3O8/c1-3-4-5-9-14-23(34)31-21(17-20-12-7-6-8-13-20)27(37)29-15-10-11-16-38-28-24(30-19(2)33)26(36)25(35)22(18-32)39-28/h6-8,12-13,21-22,24-26,28,32,35-36H,3-5,9-11,14-18H2,1-2H3,(H,29,37)(H,30,33)(H,31,34)/t21-,22?,24?,25+,26?,28+/m0/s1. The Kier molecular flexibility index (Phi) is 15.0. The summed E-state index contributed by atoms with van der Waals surface area (Å²) < 4.78 is 11.2. The molecule has 1 fully saturated rings. The van der Waals surface area contributed by atoms with Gasteiger partial charge in [-0.2, -0.15) is 0 Å². The second-order valence-electron chi connectivity index (χ2n) is 9.92. The molecule has 1 aromatic carbocycles. The summed E-state index contributed by atoms with van der Waals surface area (Å²) in [6.45, 7) is 3.43. The lowest BCUT2D eigenvalue weighted by molar-refractivity contribution is -0.270. The number of nitrogens with one attached hydrogen (secondary N) is 3. The van der Waals surface area contributed by atoms with Gasteiger partial charge in [0.1, 0.15) is 30.4 Å². The number of benzene rings is 1. The number of amides is 3. The molecule has 11 heteroatoms. The molecule has 3 amide bonds. The van der Waals surface area contributed by atoms with Crippen LogP contribution in [-0.2, 0) is 30.3 Å². The van der Waals surface area contributed by atoms with E-state index in [1.165, 1.54) is 6.92 Å². The molecule has 6 N–H and O–H groups in total. The molecule has 3 unspecified atom stereocenters. The second-order valence-corrected chi connectivity index (χ2v) is 9.92. The molecule has 1 aliphatic heterocycles. The first kappa shape index (κ1) is 32.6. The summed E-state index contributed by atoms with van der Waals surface area (Å²) >= 11 is 0. The molecule has 0 spiro atoms. The molecule has 1 heterocycles. The number of aliphatic hydroxyl groups excluding tert-OH is 3. The summed E-state index contributed by atoms with van der Waals surface area (Å²) in [5, 5.41) is 38.1. The Hall–Kier alpha value is -2.57. The number of carbonyl (C=O) groups is 3. The molecule has 220 valence electrons. The van der Waals surface area contributed by atoms with Crippen molar-refractivity contribution in [3.63, 3.8) is 0 Å². The average molecular weight is 552 g/mol. The maximum atomic E-state index is 12.9. The highest BCUT2D eigenvalue weighted by Crippen LogP contribution is 2.22. The Balaban J connectivity index is 1.81. The highest BCUT2D eigenvalue weighted by Gasteiger charge is 2.45. The molecule has 0 saturated carbocycles. The van der Waals surface area contributed by atoms with Crippen LogP contribution in [0.5, 0.6) is 0 Å². The minimum absolute atomic E-state index is 0.134. The Labute approximate surface area is 230 Å². The van der Waals surface area contributed by atoms with Gasteiger partial charge in [-0.15, -0.1) is 0 Å². The third kappa shape index (κ3) is 11.6. The zero-order chi connectivity index (χ0) is 28.6. The summed E-state index contributed by atoms with van der Waals surface area (Å²) in [7, 11) is 0. The topological polar surface area (TPSA) is 166 Å². The van der Waals surface area contributed by atoms with E-state index in [9.17, 15) is 29.7 Å². The molecule has 1 saturated heterocycles. The van der Waals surface area contributed by atoms with Crippen molar-refractivity contribution >= 4 is 17.7 Å². The van der Waals surface area contributed by atoms with E-state index in [1.807, 2.05) is 30.3 Å². The fourth-order valence-electron chi connectivity index (χ4n) is 4.41. The number of rotatable bonds is 17. The van der Waals surface area contributed by atoms with Crippen LogP contribution in [0, 0.1) is 0 Å². The number of hydrogen-bond acceptors (Lipinski definition) is 8. The van der Waals surface area contributed by atoms with E-state index in [0.29, 0.717) is 32.2 Å². The molecule has 1 aliphatic rings. The zero-order valence-corrected chi connectivity index (χ0v) is 23.0. The van der Waals surface area contributed by atoms with Gasteiger partial charge in [-0.05, 0) is 24.8 Å². The van der Waals surface area contributed by atoms with Crippen molar-refractivity contribution in [2.24, 2.45) is 0 Å². The number of carbonyl (C=O) groups excluding carboxylic acids is 3. The number of unbranched alkanes of at least 4 members (excludes halogenated alkanes) is 4. The molecule has 6 atom stereocenters. The number of ether oxygens (including phenoxy) is 2. The Bertz CT molecular complexity index is 872. The first-order chi connectivity index (χ1) is 18.8. The molecule has 1 aromatic rings. The predicted molar refractivity (Wildman–Crippen MR) is 144 cm³/mol. The van der Waals surface area contributed by atoms with Gasteiger partial charge in [0.05, 0.1) is 6.61 Å². The van der Waals surface area contributed by atoms with Crippen LogP contribution in [0.1, 0.15) is 64.4 Å². The van der Waals surface area contributed by atoms with Gasteiger partial charge in [-0.25, -0.2) is 0 Å². The van der Waals surface area contributed by atoms with E-state index >= 15 is 0 Å². The average Bonchev–Trinajstić information content (AvgIpc) is 2.92. The normalized spacial score (nSPS) is 23.6. The summed E-state index contributed by atoms with van der Waals surface area (Å²) in [5.41, 5.74) is 0.951. The summed E-state index contributed by atoms with van der Waals surface area (Å²) in [5.74, 6) is -0.817. The fraction of sp³-hybridized carbons (Fsp3) is 0.679. The van der Waals surface area contributed by atoms with E-state index in [4.69, 9.17) is 9.47 Å². The van der Waals surface area contributed by atoms with Crippen LogP contribution in [-0.4, -0.2) is 89.5 Å². The van der Waals surface area contributed by atoms with E-state index in [0.717, 1.165) is 31.2 Å². The lowest BCUT2D eigenvalue weighted by Crippen LogP contribution is -2.64. The molecule has 0 aliphatic carbocycles. The van der Waals surface area contributed by atoms with Gasteiger partial charge in [0.15, 0.2) is 6.29 Å². The van der Waals surface area contributed by atoms with Crippen molar-refractivity contribution in [3.05, 3.63) is 35.9 Å². The van der Waals surface area contributed by atoms with Gasteiger partial charge in [0.25, 0.3) is 0 Å². The van der Waals surface area contributed by atoms with Crippen molar-refractivity contribution < 1.29 is 39.2 Å². The lowest BCUT2D eigenvalue weighted by atomic mass is 9.97. The smallest absolute Gasteiger partial charge is 0.242 e. The van der Waals surface area contributed by atoms with Crippen LogP contribution >= 0.6 is 0 Å². The van der Waals surface area contributed by atoms with Crippen LogP contribution in [0.25, 0.3) is 0 Å². The van der Waals surface area contributed by atoms with Gasteiger partial charge >= 0.3 is 0 Å². The van der Waals surface area contributed by atoms with Gasteiger partial charge in [-0.1, -0.05) is 56.5 Å². The van der Waals surface area contributed by atoms with E-state index in [1.54, 1.807) is 0 Å². The van der Waals surface area contributed by atoms with E-state index in [2.05, 4.69) is 22.9 Å². The minimum atomic E-state index is -1.37. The SMILES string of the molecule is CCCCCCC(=O)N[C@@H](Cc1ccccc1)C(=O)NCCCCO[C@@H]1OC(CO)[C@@H](O)C(O)C1NC(C)=O. The molecule has 2 rings (SSSR count). The monoisotopic (exact) mass is 551 g/mol. The molecular formula is C28H45N3O8. The van der Waals surface area contributed by atoms with Crippen molar-refractivity contribution in [1.82, 2.24) is 16.0 Å². The second kappa shape index (κ2) is 17.9. The maximum absolute atomic E-state index is 12.9.